The number of hydrogen-bond acceptors (Lipinski definition) is 6. The van der Waals surface area contributed by atoms with E-state index in [-0.39, 0.29) is 0 Å². The van der Waals surface area contributed by atoms with Crippen molar-refractivity contribution < 1.29 is 9.47 Å². The maximum Gasteiger partial charge on any atom is 0.225 e. The van der Waals surface area contributed by atoms with Crippen LogP contribution in [0.25, 0.3) is 0 Å². The van der Waals surface area contributed by atoms with Gasteiger partial charge in [0, 0.05) is 55.4 Å². The lowest BCUT2D eigenvalue weighted by atomic mass is 10.2. The van der Waals surface area contributed by atoms with Crippen LogP contribution in [0.15, 0.2) is 36.7 Å². The molecule has 0 bridgehead atoms. The number of nitrogens with zero attached hydrogens (tertiary/aromatic N) is 3. The van der Waals surface area contributed by atoms with E-state index in [0.29, 0.717) is 6.04 Å². The van der Waals surface area contributed by atoms with Gasteiger partial charge in [-0.15, -0.1) is 0 Å². The highest BCUT2D eigenvalue weighted by Gasteiger charge is 2.24. The summed E-state index contributed by atoms with van der Waals surface area (Å²) in [6, 6.07) is 8.00. The average molecular weight is 300 g/mol. The zero-order valence-corrected chi connectivity index (χ0v) is 12.8. The number of rotatable bonds is 5. The minimum absolute atomic E-state index is 0.348. The maximum atomic E-state index is 5.30. The van der Waals surface area contributed by atoms with E-state index in [0.717, 1.165) is 42.6 Å². The van der Waals surface area contributed by atoms with E-state index in [1.165, 1.54) is 0 Å². The van der Waals surface area contributed by atoms with Crippen molar-refractivity contribution >= 4 is 11.6 Å². The van der Waals surface area contributed by atoms with Gasteiger partial charge in [0.15, 0.2) is 0 Å². The quantitative estimate of drug-likeness (QED) is 0.913. The summed E-state index contributed by atoms with van der Waals surface area (Å²) < 4.78 is 10.6. The number of nitrogens with one attached hydrogen (secondary N) is 1. The van der Waals surface area contributed by atoms with E-state index in [2.05, 4.69) is 20.2 Å². The summed E-state index contributed by atoms with van der Waals surface area (Å²) in [5.74, 6) is 2.35. The first-order valence-electron chi connectivity index (χ1n) is 7.30. The molecule has 0 spiro atoms. The molecule has 0 aliphatic carbocycles. The van der Waals surface area contributed by atoms with Crippen molar-refractivity contribution in [3.63, 3.8) is 0 Å². The second-order valence-corrected chi connectivity index (χ2v) is 5.23. The van der Waals surface area contributed by atoms with Crippen LogP contribution in [0.5, 0.6) is 11.5 Å². The third kappa shape index (κ3) is 3.21. The molecule has 1 saturated heterocycles. The highest BCUT2D eigenvalue weighted by Crippen LogP contribution is 2.27. The van der Waals surface area contributed by atoms with Crippen molar-refractivity contribution in [1.29, 1.82) is 0 Å². The molecule has 1 N–H and O–H groups in total. The van der Waals surface area contributed by atoms with Crippen LogP contribution in [0.1, 0.15) is 6.42 Å². The molecule has 1 atom stereocenters. The monoisotopic (exact) mass is 300 g/mol. The first kappa shape index (κ1) is 14.4. The molecule has 6 heteroatoms. The van der Waals surface area contributed by atoms with Crippen molar-refractivity contribution in [2.75, 3.05) is 37.5 Å². The van der Waals surface area contributed by atoms with E-state index in [9.17, 15) is 0 Å². The van der Waals surface area contributed by atoms with Crippen LogP contribution in [0.2, 0.25) is 0 Å². The fraction of sp³-hybridized carbons (Fsp3) is 0.375. The number of methoxy groups -OCH3 is 2. The van der Waals surface area contributed by atoms with Gasteiger partial charge < -0.3 is 19.7 Å². The van der Waals surface area contributed by atoms with Gasteiger partial charge in [0.25, 0.3) is 0 Å². The highest BCUT2D eigenvalue weighted by molar-refractivity contribution is 5.55. The van der Waals surface area contributed by atoms with Gasteiger partial charge in [0.05, 0.1) is 14.2 Å². The van der Waals surface area contributed by atoms with Gasteiger partial charge in [-0.3, -0.25) is 0 Å². The van der Waals surface area contributed by atoms with Crippen LogP contribution >= 0.6 is 0 Å². The second-order valence-electron chi connectivity index (χ2n) is 5.23. The minimum Gasteiger partial charge on any atom is -0.497 e. The molecule has 0 saturated carbocycles. The van der Waals surface area contributed by atoms with Crippen molar-refractivity contribution in [1.82, 2.24) is 9.97 Å². The van der Waals surface area contributed by atoms with Crippen molar-refractivity contribution in [2.45, 2.75) is 12.5 Å². The molecule has 116 valence electrons. The largest absolute Gasteiger partial charge is 0.497 e. The topological polar surface area (TPSA) is 59.5 Å². The Morgan fingerprint density at radius 1 is 1.09 bits per heavy atom. The molecule has 0 amide bonds. The molecular formula is C16H20N4O2. The Morgan fingerprint density at radius 3 is 2.41 bits per heavy atom. The fourth-order valence-electron chi connectivity index (χ4n) is 2.64. The highest BCUT2D eigenvalue weighted by atomic mass is 16.5. The Labute approximate surface area is 130 Å². The number of ether oxygens (including phenoxy) is 2. The normalized spacial score (nSPS) is 17.4. The Kier molecular flexibility index (Phi) is 4.27. The Balaban J connectivity index is 1.67. The number of aromatic nitrogens is 2. The number of anilines is 2. The predicted octanol–water partition coefficient (Wildman–Crippen LogP) is 2.18. The van der Waals surface area contributed by atoms with Crippen LogP contribution in [0.4, 0.5) is 11.6 Å². The molecular weight excluding hydrogens is 280 g/mol. The van der Waals surface area contributed by atoms with Gasteiger partial charge in [-0.25, -0.2) is 9.97 Å². The standard InChI is InChI=1S/C16H20N4O2/c1-21-14-8-13(9-15(10-14)22-2)19-12-4-7-20(11-12)16-17-5-3-6-18-16/h3,5-6,8-10,12,19H,4,7,11H2,1-2H3/t12-/m1/s1. The van der Waals surface area contributed by atoms with Crippen LogP contribution in [-0.2, 0) is 0 Å². The molecule has 0 radical (unpaired) electrons. The lowest BCUT2D eigenvalue weighted by molar-refractivity contribution is 0.394. The van der Waals surface area contributed by atoms with Gasteiger partial charge in [0.1, 0.15) is 11.5 Å². The molecule has 1 aliphatic heterocycles. The summed E-state index contributed by atoms with van der Waals surface area (Å²) in [5.41, 5.74) is 0.997. The minimum atomic E-state index is 0.348. The lowest BCUT2D eigenvalue weighted by Gasteiger charge is -2.18. The molecule has 1 aromatic carbocycles. The van der Waals surface area contributed by atoms with Gasteiger partial charge in [-0.1, -0.05) is 0 Å². The predicted molar refractivity (Wildman–Crippen MR) is 85.8 cm³/mol. The molecule has 2 heterocycles. The van der Waals surface area contributed by atoms with Gasteiger partial charge in [-0.2, -0.15) is 0 Å². The van der Waals surface area contributed by atoms with Crippen molar-refractivity contribution in [2.24, 2.45) is 0 Å². The zero-order chi connectivity index (χ0) is 15.4. The van der Waals surface area contributed by atoms with E-state index < -0.39 is 0 Å². The van der Waals surface area contributed by atoms with E-state index in [1.807, 2.05) is 24.3 Å². The number of benzene rings is 1. The zero-order valence-electron chi connectivity index (χ0n) is 12.8. The van der Waals surface area contributed by atoms with Crippen LogP contribution in [0, 0.1) is 0 Å². The molecule has 1 aliphatic rings. The Bertz CT molecular complexity index is 599. The van der Waals surface area contributed by atoms with Crippen LogP contribution < -0.4 is 19.7 Å². The molecule has 2 aromatic rings. The summed E-state index contributed by atoms with van der Waals surface area (Å²) in [6.45, 7) is 1.83. The third-order valence-electron chi connectivity index (χ3n) is 3.75. The Hall–Kier alpha value is -2.50. The SMILES string of the molecule is COc1cc(N[C@@H]2CCN(c3ncccn3)C2)cc(OC)c1. The first-order chi connectivity index (χ1) is 10.8. The lowest BCUT2D eigenvalue weighted by Crippen LogP contribution is -2.27. The summed E-state index contributed by atoms with van der Waals surface area (Å²) in [4.78, 5) is 10.8. The maximum absolute atomic E-state index is 5.30. The average Bonchev–Trinajstić information content (AvgIpc) is 3.03. The first-order valence-corrected chi connectivity index (χ1v) is 7.30. The van der Waals surface area contributed by atoms with Crippen molar-refractivity contribution in [3.05, 3.63) is 36.7 Å². The molecule has 1 fully saturated rings. The third-order valence-corrected chi connectivity index (χ3v) is 3.75. The summed E-state index contributed by atoms with van der Waals surface area (Å²) >= 11 is 0. The van der Waals surface area contributed by atoms with Gasteiger partial charge in [-0.05, 0) is 12.5 Å². The molecule has 3 rings (SSSR count). The summed E-state index contributed by atoms with van der Waals surface area (Å²) in [7, 11) is 3.31. The van der Waals surface area contributed by atoms with E-state index >= 15 is 0 Å². The van der Waals surface area contributed by atoms with Gasteiger partial charge in [0.2, 0.25) is 5.95 Å². The van der Waals surface area contributed by atoms with Crippen molar-refractivity contribution in [3.8, 4) is 11.5 Å². The molecule has 0 unspecified atom stereocenters. The summed E-state index contributed by atoms with van der Waals surface area (Å²) in [6.07, 6.45) is 4.59. The smallest absolute Gasteiger partial charge is 0.225 e. The van der Waals surface area contributed by atoms with E-state index in [1.54, 1.807) is 26.6 Å². The molecule has 1 aromatic heterocycles. The molecule has 22 heavy (non-hydrogen) atoms. The molecule has 6 nitrogen and oxygen atoms in total. The second kappa shape index (κ2) is 6.51. The summed E-state index contributed by atoms with van der Waals surface area (Å²) in [5, 5.41) is 3.53. The van der Waals surface area contributed by atoms with E-state index in [4.69, 9.17) is 9.47 Å². The Morgan fingerprint density at radius 2 is 1.77 bits per heavy atom. The van der Waals surface area contributed by atoms with Gasteiger partial charge >= 0.3 is 0 Å². The van der Waals surface area contributed by atoms with Crippen LogP contribution in [-0.4, -0.2) is 43.3 Å². The fourth-order valence-corrected chi connectivity index (χ4v) is 2.64. The number of hydrogen-bond donors (Lipinski definition) is 1. The van der Waals surface area contributed by atoms with Crippen LogP contribution in [0.3, 0.4) is 0 Å².